The molecule has 1 unspecified atom stereocenters. The van der Waals surface area contributed by atoms with E-state index in [0.29, 0.717) is 49.8 Å². The van der Waals surface area contributed by atoms with E-state index in [1.807, 2.05) is 0 Å². The first kappa shape index (κ1) is 48.9. The molecule has 17 nitrogen and oxygen atoms in total. The number of hydrogen-bond acceptors (Lipinski definition) is 10. The van der Waals surface area contributed by atoms with Crippen LogP contribution in [0.25, 0.3) is 33.7 Å². The summed E-state index contributed by atoms with van der Waals surface area (Å²) in [6.45, 7) is 2.34. The maximum absolute atomic E-state index is 14.0. The van der Waals surface area contributed by atoms with Crippen LogP contribution in [0.5, 0.6) is 17.2 Å². The summed E-state index contributed by atoms with van der Waals surface area (Å²) in [7, 11) is -9.95. The number of amides is 4. The minimum Gasteiger partial charge on any atom is -0.491 e. The zero-order valence-corrected chi connectivity index (χ0v) is 39.6. The van der Waals surface area contributed by atoms with E-state index in [9.17, 15) is 47.9 Å². The van der Waals surface area contributed by atoms with Crippen LogP contribution in [0.2, 0.25) is 0 Å². The molecular weight excluding hydrogens is 963 g/mol. The van der Waals surface area contributed by atoms with E-state index in [1.54, 1.807) is 85.8 Å². The highest BCUT2D eigenvalue weighted by atomic mass is 35.5. The fraction of sp³-hybridized carbons (Fsp3) is 0.277. The van der Waals surface area contributed by atoms with E-state index in [-0.39, 0.29) is 98.7 Å². The molecule has 356 valence electrons. The van der Waals surface area contributed by atoms with Gasteiger partial charge in [0.05, 0.1) is 31.1 Å². The van der Waals surface area contributed by atoms with Crippen LogP contribution in [0.4, 0.5) is 11.4 Å². The molecular formula is C47H45Cl2N3O14P2. The first-order valence-corrected chi connectivity index (χ1v) is 25.5. The van der Waals surface area contributed by atoms with Crippen molar-refractivity contribution in [2.45, 2.75) is 25.2 Å². The number of ether oxygens (including phenoxy) is 2. The average Bonchev–Trinajstić information content (AvgIpc) is 3.95. The Bertz CT molecular complexity index is 2990. The fourth-order valence-corrected chi connectivity index (χ4v) is 10.2. The third kappa shape index (κ3) is 10.5. The molecule has 4 amide bonds. The number of alkyl halides is 2. The second-order valence-corrected chi connectivity index (χ2v) is 19.3. The van der Waals surface area contributed by atoms with Gasteiger partial charge in [0.25, 0.3) is 11.8 Å². The molecule has 4 N–H and O–H groups in total. The minimum atomic E-state index is -4.98. The number of anilines is 2. The van der Waals surface area contributed by atoms with Crippen LogP contribution in [0.3, 0.4) is 0 Å². The van der Waals surface area contributed by atoms with Gasteiger partial charge in [-0.2, -0.15) is 0 Å². The molecule has 21 heteroatoms. The molecule has 0 spiro atoms. The monoisotopic (exact) mass is 1010 g/mol. The number of fused-ring (bicyclic) bond motifs is 6. The van der Waals surface area contributed by atoms with E-state index < -0.39 is 27.5 Å². The third-order valence-corrected chi connectivity index (χ3v) is 13.5. The van der Waals surface area contributed by atoms with Gasteiger partial charge in [0.2, 0.25) is 11.8 Å². The van der Waals surface area contributed by atoms with Crippen LogP contribution in [-0.2, 0) is 33.0 Å². The molecule has 5 aromatic rings. The second-order valence-electron chi connectivity index (χ2n) is 16.4. The van der Waals surface area contributed by atoms with E-state index in [4.69, 9.17) is 41.7 Å². The smallest absolute Gasteiger partial charge is 0.491 e. The topological polar surface area (TPSA) is 230 Å². The van der Waals surface area contributed by atoms with Crippen molar-refractivity contribution in [3.8, 4) is 17.2 Å². The lowest BCUT2D eigenvalue weighted by atomic mass is 9.95. The second kappa shape index (κ2) is 20.2. The number of nitrogens with zero attached hydrogens (tertiary/aromatic N) is 3. The summed E-state index contributed by atoms with van der Waals surface area (Å²) in [5, 5.41) is 2.17. The molecule has 0 bridgehead atoms. The number of phosphoric acid groups is 2. The number of hydrogen-bond donors (Lipinski definition) is 4. The molecule has 68 heavy (non-hydrogen) atoms. The van der Waals surface area contributed by atoms with E-state index in [2.05, 4.69) is 0 Å². The molecule has 8 rings (SSSR count). The molecule has 5 aromatic carbocycles. The Morgan fingerprint density at radius 2 is 1.21 bits per heavy atom. The Morgan fingerprint density at radius 1 is 0.691 bits per heavy atom. The quantitative estimate of drug-likeness (QED) is 0.0233. The highest BCUT2D eigenvalue weighted by molar-refractivity contribution is 7.47. The van der Waals surface area contributed by atoms with Crippen molar-refractivity contribution in [3.05, 3.63) is 113 Å². The number of likely N-dealkylation sites (tertiary alicyclic amines) is 1. The maximum Gasteiger partial charge on any atom is 0.524 e. The highest BCUT2D eigenvalue weighted by Crippen LogP contribution is 2.51. The Morgan fingerprint density at radius 3 is 1.69 bits per heavy atom. The first-order chi connectivity index (χ1) is 32.4. The van der Waals surface area contributed by atoms with Crippen LogP contribution in [-0.4, -0.2) is 99.3 Å². The van der Waals surface area contributed by atoms with Gasteiger partial charge in [0.15, 0.2) is 0 Å². The van der Waals surface area contributed by atoms with Gasteiger partial charge in [0.1, 0.15) is 23.9 Å². The standard InChI is InChI=1S/C47H45Cl2N3O14P2/c1-28-20-44(55)50(47(28)56)16-17-63-18-19-64-39-21-29(11-14-42(53)51-26-31(24-48)45-35-8-4-2-6-33(35)40(22-37(45)51)65-67(57,58)59)10-12-30(39)13-15-43(54)52-27-32(25-49)46-36-9-5-3-7-34(36)41(23-38(46)52)66-68(60,61)62/h2-15,21-23,28,31-32H,16-20,24-27H2,1H3,(H2,57,58,59)(H2,60,61,62)/b14-11+,15-13+/t28?,31-,32-/m1/s1. The predicted octanol–water partition coefficient (Wildman–Crippen LogP) is 7.49. The number of carbonyl (C=O) groups excluding carboxylic acids is 4. The Hall–Kier alpha value is -5.58. The minimum absolute atomic E-state index is 0.0167. The van der Waals surface area contributed by atoms with E-state index in [1.165, 1.54) is 39.0 Å². The summed E-state index contributed by atoms with van der Waals surface area (Å²) in [5.41, 5.74) is 3.24. The molecule has 0 aliphatic carbocycles. The van der Waals surface area contributed by atoms with Gasteiger partial charge in [-0.25, -0.2) is 9.13 Å². The normalized spacial score (nSPS) is 18.4. The molecule has 1 saturated heterocycles. The summed E-state index contributed by atoms with van der Waals surface area (Å²) in [5.74, 6) is -1.96. The van der Waals surface area contributed by atoms with Gasteiger partial charge in [-0.1, -0.05) is 67.6 Å². The maximum atomic E-state index is 14.0. The fourth-order valence-electron chi connectivity index (χ4n) is 8.88. The van der Waals surface area contributed by atoms with Gasteiger partial charge in [-0.15, -0.1) is 23.2 Å². The molecule has 3 heterocycles. The largest absolute Gasteiger partial charge is 0.524 e. The molecule has 0 aromatic heterocycles. The van der Waals surface area contributed by atoms with Gasteiger partial charge < -0.3 is 28.3 Å². The Balaban J connectivity index is 1.05. The van der Waals surface area contributed by atoms with Crippen molar-refractivity contribution in [3.63, 3.8) is 0 Å². The van der Waals surface area contributed by atoms with Gasteiger partial charge in [-0.05, 0) is 45.7 Å². The van der Waals surface area contributed by atoms with Crippen LogP contribution in [0.1, 0.15) is 47.4 Å². The van der Waals surface area contributed by atoms with Crippen LogP contribution in [0.15, 0.2) is 91.0 Å². The highest BCUT2D eigenvalue weighted by Gasteiger charge is 2.37. The van der Waals surface area contributed by atoms with Crippen molar-refractivity contribution >= 4 is 108 Å². The summed E-state index contributed by atoms with van der Waals surface area (Å²) in [6, 6.07) is 21.7. The lowest BCUT2D eigenvalue weighted by Gasteiger charge is -2.18. The number of phosphoric ester groups is 2. The number of carbonyl (C=O) groups is 4. The Labute approximate surface area is 399 Å². The van der Waals surface area contributed by atoms with Crippen LogP contribution < -0.4 is 23.6 Å². The lowest BCUT2D eigenvalue weighted by molar-refractivity contribution is -0.140. The molecule has 3 aliphatic rings. The number of benzene rings is 5. The number of rotatable bonds is 17. The molecule has 0 radical (unpaired) electrons. The van der Waals surface area contributed by atoms with Crippen molar-refractivity contribution in [1.29, 1.82) is 0 Å². The molecule has 3 atom stereocenters. The Kier molecular flexibility index (Phi) is 14.5. The van der Waals surface area contributed by atoms with Crippen LogP contribution >= 0.6 is 38.8 Å². The van der Waals surface area contributed by atoms with E-state index >= 15 is 0 Å². The van der Waals surface area contributed by atoms with E-state index in [0.717, 1.165) is 11.1 Å². The molecule has 3 aliphatic heterocycles. The predicted molar refractivity (Wildman–Crippen MR) is 256 cm³/mol. The first-order valence-electron chi connectivity index (χ1n) is 21.4. The average molecular weight is 1010 g/mol. The summed E-state index contributed by atoms with van der Waals surface area (Å²) in [4.78, 5) is 95.4. The lowest BCUT2D eigenvalue weighted by Crippen LogP contribution is -2.33. The summed E-state index contributed by atoms with van der Waals surface area (Å²) < 4.78 is 45.9. The zero-order valence-electron chi connectivity index (χ0n) is 36.3. The van der Waals surface area contributed by atoms with Crippen molar-refractivity contribution < 1.29 is 66.4 Å². The number of imide groups is 1. The van der Waals surface area contributed by atoms with Crippen molar-refractivity contribution in [1.82, 2.24) is 4.90 Å². The van der Waals surface area contributed by atoms with Crippen LogP contribution in [0, 0.1) is 5.92 Å². The molecule has 1 fully saturated rings. The van der Waals surface area contributed by atoms with Crippen molar-refractivity contribution in [2.24, 2.45) is 5.92 Å². The van der Waals surface area contributed by atoms with Crippen molar-refractivity contribution in [2.75, 3.05) is 61.0 Å². The summed E-state index contributed by atoms with van der Waals surface area (Å²) >= 11 is 12.8. The third-order valence-electron chi connectivity index (χ3n) is 11.9. The summed E-state index contributed by atoms with van der Waals surface area (Å²) in [6.07, 6.45) is 5.93. The molecule has 0 saturated carbocycles. The van der Waals surface area contributed by atoms with Gasteiger partial charge >= 0.3 is 15.6 Å². The number of halogens is 2. The zero-order chi connectivity index (χ0) is 48.5. The van der Waals surface area contributed by atoms with Gasteiger partial charge in [0, 0.05) is 89.6 Å². The SMILES string of the molecule is CC1CC(=O)N(CCOCCOc2cc(/C=C/C(=O)N3C[C@@H](CCl)c4c3cc(OP(=O)(O)O)c3ccccc43)ccc2/C=C/C(=O)N2C[C@@H](CCl)c3c2cc(OP(=O)(O)O)c2ccccc32)C1=O. The van der Waals surface area contributed by atoms with Gasteiger partial charge in [-0.3, -0.25) is 43.7 Å².